The maximum absolute atomic E-state index is 10.7. The van der Waals surface area contributed by atoms with Crippen LogP contribution in [0.1, 0.15) is 18.1 Å². The summed E-state index contributed by atoms with van der Waals surface area (Å²) in [6, 6.07) is 7.19. The molecule has 5 heteroatoms. The Bertz CT molecular complexity index is 466. The van der Waals surface area contributed by atoms with Crippen molar-refractivity contribution in [3.63, 3.8) is 0 Å². The quantitative estimate of drug-likeness (QED) is 0.825. The number of nitriles is 1. The van der Waals surface area contributed by atoms with E-state index < -0.39 is 5.97 Å². The topological polar surface area (TPSA) is 73.6 Å². The van der Waals surface area contributed by atoms with Crippen LogP contribution in [0, 0.1) is 11.3 Å². The van der Waals surface area contributed by atoms with Crippen LogP contribution in [0.4, 0.5) is 0 Å². The van der Waals surface area contributed by atoms with E-state index in [-0.39, 0.29) is 6.54 Å². The number of nitrogens with zero attached hydrogens (tertiary/aromatic N) is 2. The predicted molar refractivity (Wildman–Crippen MR) is 66.3 cm³/mol. The highest BCUT2D eigenvalue weighted by atomic mass is 16.5. The second kappa shape index (κ2) is 6.62. The van der Waals surface area contributed by atoms with Gasteiger partial charge in [0.2, 0.25) is 0 Å². The average molecular weight is 248 g/mol. The lowest BCUT2D eigenvalue weighted by molar-refractivity contribution is -0.138. The number of carboxylic acids is 1. The van der Waals surface area contributed by atoms with Crippen LogP contribution in [-0.2, 0) is 11.3 Å². The molecule has 0 aliphatic rings. The van der Waals surface area contributed by atoms with Gasteiger partial charge in [-0.25, -0.2) is 0 Å². The molecule has 18 heavy (non-hydrogen) atoms. The van der Waals surface area contributed by atoms with E-state index in [1.54, 1.807) is 30.2 Å². The molecule has 0 atom stereocenters. The first-order valence-electron chi connectivity index (χ1n) is 5.61. The van der Waals surface area contributed by atoms with Gasteiger partial charge in [0.25, 0.3) is 0 Å². The lowest BCUT2D eigenvalue weighted by Crippen LogP contribution is -2.29. The molecular formula is C13H16N2O3. The normalized spacial score (nSPS) is 10.1. The fourth-order valence-electron chi connectivity index (χ4n) is 1.68. The number of likely N-dealkylation sites (N-methyl/N-ethyl adjacent to an activating group) is 1. The summed E-state index contributed by atoms with van der Waals surface area (Å²) in [6.45, 7) is 2.92. The van der Waals surface area contributed by atoms with Gasteiger partial charge in [-0.05, 0) is 24.7 Å². The first-order chi connectivity index (χ1) is 8.60. The van der Waals surface area contributed by atoms with Crippen LogP contribution in [-0.4, -0.2) is 36.2 Å². The summed E-state index contributed by atoms with van der Waals surface area (Å²) in [7, 11) is 1.55. The van der Waals surface area contributed by atoms with Gasteiger partial charge in [-0.15, -0.1) is 0 Å². The number of hydrogen-bond acceptors (Lipinski definition) is 4. The molecule has 0 aliphatic heterocycles. The molecular weight excluding hydrogens is 232 g/mol. The van der Waals surface area contributed by atoms with Gasteiger partial charge in [-0.2, -0.15) is 5.26 Å². The highest BCUT2D eigenvalue weighted by Crippen LogP contribution is 2.21. The summed E-state index contributed by atoms with van der Waals surface area (Å²) >= 11 is 0. The summed E-state index contributed by atoms with van der Waals surface area (Å²) in [6.07, 6.45) is 0. The van der Waals surface area contributed by atoms with Crippen molar-refractivity contribution in [2.75, 3.05) is 20.2 Å². The zero-order valence-electron chi connectivity index (χ0n) is 10.5. The molecule has 0 aromatic heterocycles. The summed E-state index contributed by atoms with van der Waals surface area (Å²) in [5.41, 5.74) is 1.36. The third-order valence-electron chi connectivity index (χ3n) is 2.61. The minimum Gasteiger partial charge on any atom is -0.496 e. The first-order valence-corrected chi connectivity index (χ1v) is 5.61. The third kappa shape index (κ3) is 3.75. The SMILES string of the molecule is CCN(CC(=O)O)Cc1cc(C#N)ccc1OC. The molecule has 5 nitrogen and oxygen atoms in total. The number of rotatable bonds is 6. The molecule has 1 aromatic carbocycles. The van der Waals surface area contributed by atoms with Crippen LogP contribution in [0.5, 0.6) is 5.75 Å². The first kappa shape index (κ1) is 14.0. The van der Waals surface area contributed by atoms with E-state index in [0.717, 1.165) is 5.56 Å². The molecule has 1 N–H and O–H groups in total. The van der Waals surface area contributed by atoms with Crippen molar-refractivity contribution in [3.8, 4) is 11.8 Å². The number of aliphatic carboxylic acids is 1. The van der Waals surface area contributed by atoms with E-state index in [1.807, 2.05) is 6.92 Å². The molecule has 1 aromatic rings. The van der Waals surface area contributed by atoms with E-state index in [2.05, 4.69) is 6.07 Å². The maximum Gasteiger partial charge on any atom is 0.317 e. The minimum absolute atomic E-state index is 0.0313. The maximum atomic E-state index is 10.7. The van der Waals surface area contributed by atoms with Gasteiger partial charge in [0.05, 0.1) is 25.3 Å². The highest BCUT2D eigenvalue weighted by molar-refractivity contribution is 5.69. The molecule has 0 heterocycles. The van der Waals surface area contributed by atoms with Gasteiger partial charge in [0, 0.05) is 12.1 Å². The zero-order valence-corrected chi connectivity index (χ0v) is 10.5. The molecule has 0 aliphatic carbocycles. The lowest BCUT2D eigenvalue weighted by atomic mass is 10.1. The number of hydrogen-bond donors (Lipinski definition) is 1. The molecule has 0 bridgehead atoms. The molecule has 0 spiro atoms. The van der Waals surface area contributed by atoms with Crippen LogP contribution in [0.25, 0.3) is 0 Å². The highest BCUT2D eigenvalue weighted by Gasteiger charge is 2.12. The minimum atomic E-state index is -0.868. The number of ether oxygens (including phenoxy) is 1. The fraction of sp³-hybridized carbons (Fsp3) is 0.385. The van der Waals surface area contributed by atoms with Crippen LogP contribution in [0.15, 0.2) is 18.2 Å². The fourth-order valence-corrected chi connectivity index (χ4v) is 1.68. The van der Waals surface area contributed by atoms with Gasteiger partial charge in [0.15, 0.2) is 0 Å². The Morgan fingerprint density at radius 3 is 2.78 bits per heavy atom. The molecule has 0 saturated carbocycles. The van der Waals surface area contributed by atoms with E-state index in [4.69, 9.17) is 15.1 Å². The van der Waals surface area contributed by atoms with Crippen molar-refractivity contribution in [1.29, 1.82) is 5.26 Å². The summed E-state index contributed by atoms with van der Waals surface area (Å²) in [5.74, 6) is -0.204. The summed E-state index contributed by atoms with van der Waals surface area (Å²) < 4.78 is 5.21. The Morgan fingerprint density at radius 2 is 2.28 bits per heavy atom. The van der Waals surface area contributed by atoms with Crippen molar-refractivity contribution in [2.24, 2.45) is 0 Å². The van der Waals surface area contributed by atoms with Gasteiger partial charge in [0.1, 0.15) is 5.75 Å². The Kier molecular flexibility index (Phi) is 5.15. The van der Waals surface area contributed by atoms with Crippen LogP contribution in [0.3, 0.4) is 0 Å². The molecule has 0 amide bonds. The molecule has 1 rings (SSSR count). The van der Waals surface area contributed by atoms with Gasteiger partial charge in [-0.1, -0.05) is 6.92 Å². The molecule has 0 saturated heterocycles. The number of carbonyl (C=O) groups is 1. The predicted octanol–water partition coefficient (Wildman–Crippen LogP) is 1.47. The largest absolute Gasteiger partial charge is 0.496 e. The Balaban J connectivity index is 2.93. The van der Waals surface area contributed by atoms with Crippen molar-refractivity contribution in [2.45, 2.75) is 13.5 Å². The second-order valence-electron chi connectivity index (χ2n) is 3.84. The molecule has 0 unspecified atom stereocenters. The lowest BCUT2D eigenvalue weighted by Gasteiger charge is -2.19. The Hall–Kier alpha value is -2.06. The van der Waals surface area contributed by atoms with E-state index in [0.29, 0.717) is 24.4 Å². The summed E-state index contributed by atoms with van der Waals surface area (Å²) in [4.78, 5) is 12.5. The zero-order chi connectivity index (χ0) is 13.5. The average Bonchev–Trinajstić information content (AvgIpc) is 2.37. The molecule has 96 valence electrons. The van der Waals surface area contributed by atoms with Gasteiger partial charge < -0.3 is 9.84 Å². The van der Waals surface area contributed by atoms with Crippen LogP contribution in [0.2, 0.25) is 0 Å². The number of benzene rings is 1. The number of methoxy groups -OCH3 is 1. The van der Waals surface area contributed by atoms with E-state index in [9.17, 15) is 4.79 Å². The van der Waals surface area contributed by atoms with Crippen molar-refractivity contribution in [3.05, 3.63) is 29.3 Å². The summed E-state index contributed by atoms with van der Waals surface area (Å²) in [5, 5.41) is 17.7. The Morgan fingerprint density at radius 1 is 1.56 bits per heavy atom. The van der Waals surface area contributed by atoms with Gasteiger partial charge in [-0.3, -0.25) is 9.69 Å². The standard InChI is InChI=1S/C13H16N2O3/c1-3-15(9-13(16)17)8-11-6-10(7-14)4-5-12(11)18-2/h4-6H,3,8-9H2,1-2H3,(H,16,17). The third-order valence-corrected chi connectivity index (χ3v) is 2.61. The van der Waals surface area contributed by atoms with Crippen molar-refractivity contribution in [1.82, 2.24) is 4.90 Å². The van der Waals surface area contributed by atoms with Crippen molar-refractivity contribution >= 4 is 5.97 Å². The monoisotopic (exact) mass is 248 g/mol. The molecule has 0 fully saturated rings. The van der Waals surface area contributed by atoms with Crippen LogP contribution >= 0.6 is 0 Å². The van der Waals surface area contributed by atoms with Crippen LogP contribution < -0.4 is 4.74 Å². The molecule has 0 radical (unpaired) electrons. The Labute approximate surface area is 106 Å². The van der Waals surface area contributed by atoms with E-state index in [1.165, 1.54) is 0 Å². The smallest absolute Gasteiger partial charge is 0.317 e. The second-order valence-corrected chi connectivity index (χ2v) is 3.84. The van der Waals surface area contributed by atoms with Crippen molar-refractivity contribution < 1.29 is 14.6 Å². The van der Waals surface area contributed by atoms with Gasteiger partial charge >= 0.3 is 5.97 Å². The van der Waals surface area contributed by atoms with E-state index >= 15 is 0 Å². The number of carboxylic acid groups (broad SMARTS) is 1.